The van der Waals surface area contributed by atoms with Crippen molar-refractivity contribution in [2.45, 2.75) is 22.6 Å². The van der Waals surface area contributed by atoms with E-state index >= 15 is 0 Å². The van der Waals surface area contributed by atoms with Crippen molar-refractivity contribution in [1.29, 1.82) is 0 Å². The fourth-order valence-electron chi connectivity index (χ4n) is 3.00. The highest BCUT2D eigenvalue weighted by molar-refractivity contribution is 6.53. The molecule has 1 fully saturated rings. The number of carboxylic acid groups (broad SMARTS) is 1. The van der Waals surface area contributed by atoms with Crippen molar-refractivity contribution in [3.63, 3.8) is 0 Å². The van der Waals surface area contributed by atoms with E-state index in [1.54, 1.807) is 0 Å². The Morgan fingerprint density at radius 2 is 1.65 bits per heavy atom. The Morgan fingerprint density at radius 1 is 1.08 bits per heavy atom. The SMILES string of the molecule is O=C(O)[C@H]1[C@H](c2cc(C(F)(F)F)cc(C(F)(F)F)c2C2=CC=C2)C1(Cl)Cl. The Morgan fingerprint density at radius 3 is 2.00 bits per heavy atom. The summed E-state index contributed by atoms with van der Waals surface area (Å²) in [6.07, 6.45) is -6.18. The van der Waals surface area contributed by atoms with E-state index in [4.69, 9.17) is 28.3 Å². The normalized spacial score (nSPS) is 24.1. The molecule has 0 heterocycles. The van der Waals surface area contributed by atoms with Crippen LogP contribution in [0.1, 0.15) is 28.2 Å². The van der Waals surface area contributed by atoms with Gasteiger partial charge >= 0.3 is 18.3 Å². The minimum atomic E-state index is -5.09. The number of halogens is 8. The molecular weight excluding hydrogens is 409 g/mol. The van der Waals surface area contributed by atoms with Crippen LogP contribution >= 0.6 is 23.2 Å². The summed E-state index contributed by atoms with van der Waals surface area (Å²) in [4.78, 5) is 11.2. The zero-order valence-corrected chi connectivity index (χ0v) is 13.9. The Bertz CT molecular complexity index is 852. The predicted octanol–water partition coefficient (Wildman–Crippen LogP) is 5.65. The van der Waals surface area contributed by atoms with Crippen LogP contribution in [0.25, 0.3) is 5.57 Å². The van der Waals surface area contributed by atoms with Crippen LogP contribution in [0.4, 0.5) is 26.3 Å². The third kappa shape index (κ3) is 2.99. The van der Waals surface area contributed by atoms with Gasteiger partial charge in [0.1, 0.15) is 4.33 Å². The smallest absolute Gasteiger partial charge is 0.417 e. The van der Waals surface area contributed by atoms with Gasteiger partial charge in [-0.05, 0) is 28.8 Å². The van der Waals surface area contributed by atoms with E-state index in [1.165, 1.54) is 18.2 Å². The molecule has 0 spiro atoms. The summed E-state index contributed by atoms with van der Waals surface area (Å²) in [5, 5.41) is 9.14. The third-order valence-corrected chi connectivity index (χ3v) is 5.24. The molecular formula is C16H8Cl2F6O2. The summed E-state index contributed by atoms with van der Waals surface area (Å²) in [6, 6.07) is 0.499. The van der Waals surface area contributed by atoms with Crippen LogP contribution in [0.2, 0.25) is 0 Å². The van der Waals surface area contributed by atoms with Crippen LogP contribution in [0.5, 0.6) is 0 Å². The maximum atomic E-state index is 13.4. The molecule has 1 aromatic carbocycles. The van der Waals surface area contributed by atoms with Gasteiger partial charge in [-0.25, -0.2) is 0 Å². The molecule has 0 aliphatic heterocycles. The fourth-order valence-corrected chi connectivity index (χ4v) is 3.80. The highest BCUT2D eigenvalue weighted by atomic mass is 35.5. The molecule has 26 heavy (non-hydrogen) atoms. The number of carbonyl (C=O) groups is 1. The first-order valence-electron chi connectivity index (χ1n) is 7.08. The van der Waals surface area contributed by atoms with Gasteiger partial charge in [0.25, 0.3) is 0 Å². The fraction of sp³-hybridized carbons (Fsp3) is 0.312. The largest absolute Gasteiger partial charge is 0.481 e. The second-order valence-corrected chi connectivity index (χ2v) is 7.38. The number of aliphatic carboxylic acids is 1. The molecule has 0 aromatic heterocycles. The van der Waals surface area contributed by atoms with E-state index in [0.29, 0.717) is 6.07 Å². The molecule has 0 radical (unpaired) electrons. The lowest BCUT2D eigenvalue weighted by atomic mass is 9.86. The highest BCUT2D eigenvalue weighted by Gasteiger charge is 2.69. The number of rotatable bonds is 3. The van der Waals surface area contributed by atoms with E-state index < -0.39 is 56.7 Å². The van der Waals surface area contributed by atoms with Gasteiger partial charge in [0.2, 0.25) is 0 Å². The number of benzene rings is 1. The van der Waals surface area contributed by atoms with E-state index in [1.807, 2.05) is 0 Å². The van der Waals surface area contributed by atoms with E-state index in [9.17, 15) is 31.1 Å². The first kappa shape index (κ1) is 19.1. The zero-order valence-electron chi connectivity index (χ0n) is 12.4. The molecule has 2 atom stereocenters. The van der Waals surface area contributed by atoms with Gasteiger partial charge < -0.3 is 5.11 Å². The van der Waals surface area contributed by atoms with E-state index in [-0.39, 0.29) is 11.6 Å². The molecule has 0 unspecified atom stereocenters. The third-order valence-electron chi connectivity index (χ3n) is 4.30. The molecule has 0 saturated heterocycles. The van der Waals surface area contributed by atoms with Gasteiger partial charge in [0.15, 0.2) is 0 Å². The standard InChI is InChI=1S/C16H8Cl2F6O2/c17-14(18)11(12(14)13(25)26)8-4-7(15(19,20)21)5-9(16(22,23)24)10(8)6-2-1-3-6/h1-5,11-12H,(H,25,26)/t11-,12+/m0/s1. The van der Waals surface area contributed by atoms with Crippen molar-refractivity contribution in [3.05, 3.63) is 52.6 Å². The summed E-state index contributed by atoms with van der Waals surface area (Å²) < 4.78 is 77.7. The van der Waals surface area contributed by atoms with Gasteiger partial charge in [-0.3, -0.25) is 4.79 Å². The summed E-state index contributed by atoms with van der Waals surface area (Å²) in [5.41, 5.74) is -4.06. The van der Waals surface area contributed by atoms with Crippen LogP contribution in [0.15, 0.2) is 30.4 Å². The second-order valence-electron chi connectivity index (χ2n) is 5.93. The Hall–Kier alpha value is -1.67. The number of allylic oxidation sites excluding steroid dienone is 4. The maximum Gasteiger partial charge on any atom is 0.417 e. The van der Waals surface area contributed by atoms with Crippen LogP contribution in [-0.2, 0) is 17.1 Å². The van der Waals surface area contributed by atoms with Crippen molar-refractivity contribution >= 4 is 34.7 Å². The topological polar surface area (TPSA) is 37.3 Å². The molecule has 2 nitrogen and oxygen atoms in total. The Labute approximate surface area is 152 Å². The summed E-state index contributed by atoms with van der Waals surface area (Å²) in [7, 11) is 0. The van der Waals surface area contributed by atoms with Crippen LogP contribution in [0, 0.1) is 5.92 Å². The lowest BCUT2D eigenvalue weighted by molar-refractivity contribution is -0.143. The van der Waals surface area contributed by atoms with Gasteiger partial charge in [-0.2, -0.15) is 26.3 Å². The maximum absolute atomic E-state index is 13.4. The molecule has 0 amide bonds. The van der Waals surface area contributed by atoms with Gasteiger partial charge in [0.05, 0.1) is 17.0 Å². The monoisotopic (exact) mass is 416 g/mol. The summed E-state index contributed by atoms with van der Waals surface area (Å²) >= 11 is 11.7. The van der Waals surface area contributed by atoms with E-state index in [0.717, 1.165) is 0 Å². The molecule has 2 aliphatic carbocycles. The quantitative estimate of drug-likeness (QED) is 0.510. The van der Waals surface area contributed by atoms with Gasteiger partial charge in [-0.1, -0.05) is 41.4 Å². The molecule has 0 bridgehead atoms. The average molecular weight is 417 g/mol. The van der Waals surface area contributed by atoms with Crippen molar-refractivity contribution in [2.24, 2.45) is 5.92 Å². The van der Waals surface area contributed by atoms with Crippen molar-refractivity contribution in [1.82, 2.24) is 0 Å². The number of carboxylic acids is 1. The molecule has 1 aromatic rings. The number of alkyl halides is 8. The Kier molecular flexibility index (Phi) is 4.16. The highest BCUT2D eigenvalue weighted by Crippen LogP contribution is 2.66. The van der Waals surface area contributed by atoms with E-state index in [2.05, 4.69) is 0 Å². The minimum absolute atomic E-state index is 0.00807. The average Bonchev–Trinajstić information content (AvgIpc) is 2.97. The number of hydrogen-bond donors (Lipinski definition) is 1. The summed E-state index contributed by atoms with van der Waals surface area (Å²) in [5.74, 6) is -4.43. The van der Waals surface area contributed by atoms with Crippen molar-refractivity contribution in [3.8, 4) is 0 Å². The lowest BCUT2D eigenvalue weighted by Crippen LogP contribution is -2.16. The zero-order chi connectivity index (χ0) is 19.7. The van der Waals surface area contributed by atoms with Gasteiger partial charge in [0, 0.05) is 5.92 Å². The van der Waals surface area contributed by atoms with Crippen LogP contribution in [0.3, 0.4) is 0 Å². The predicted molar refractivity (Wildman–Crippen MR) is 81.9 cm³/mol. The van der Waals surface area contributed by atoms with Gasteiger partial charge in [-0.15, -0.1) is 0 Å². The van der Waals surface area contributed by atoms with Crippen LogP contribution < -0.4 is 0 Å². The Balaban J connectivity index is 2.30. The lowest BCUT2D eigenvalue weighted by Gasteiger charge is -2.22. The first-order chi connectivity index (χ1) is 11.8. The first-order valence-corrected chi connectivity index (χ1v) is 7.83. The number of hydrogen-bond acceptors (Lipinski definition) is 1. The van der Waals surface area contributed by atoms with Crippen molar-refractivity contribution in [2.75, 3.05) is 0 Å². The molecule has 140 valence electrons. The van der Waals surface area contributed by atoms with Crippen molar-refractivity contribution < 1.29 is 36.2 Å². The summed E-state index contributed by atoms with van der Waals surface area (Å²) in [6.45, 7) is 0. The molecule has 3 rings (SSSR count). The van der Waals surface area contributed by atoms with Crippen LogP contribution in [-0.4, -0.2) is 15.4 Å². The molecule has 2 aliphatic rings. The molecule has 10 heteroatoms. The molecule has 1 saturated carbocycles. The second kappa shape index (κ2) is 5.66. The molecule has 1 N–H and O–H groups in total. The minimum Gasteiger partial charge on any atom is -0.481 e.